The van der Waals surface area contributed by atoms with Crippen molar-refractivity contribution in [2.75, 3.05) is 0 Å². The molecule has 1 aromatic carbocycles. The summed E-state index contributed by atoms with van der Waals surface area (Å²) in [5, 5.41) is 12.2. The number of furan rings is 1. The van der Waals surface area contributed by atoms with E-state index in [-0.39, 0.29) is 11.6 Å². The van der Waals surface area contributed by atoms with E-state index in [4.69, 9.17) is 9.52 Å². The standard InChI is InChI=1S/C14H14BrNO3/c1-9(10-3-2-4-11(15)7-10)16-8-13-12(14(17)18)5-6-19-13/h2-7,9,16H,8H2,1H3,(H,17,18)/t9-/m0/s1. The van der Waals surface area contributed by atoms with Gasteiger partial charge in [0.25, 0.3) is 0 Å². The van der Waals surface area contributed by atoms with Crippen LogP contribution < -0.4 is 5.32 Å². The lowest BCUT2D eigenvalue weighted by Crippen LogP contribution is -2.19. The zero-order valence-corrected chi connectivity index (χ0v) is 12.0. The molecule has 1 atom stereocenters. The summed E-state index contributed by atoms with van der Waals surface area (Å²) in [6.07, 6.45) is 1.39. The lowest BCUT2D eigenvalue weighted by Gasteiger charge is -2.13. The Morgan fingerprint density at radius 1 is 1.47 bits per heavy atom. The lowest BCUT2D eigenvalue weighted by atomic mass is 10.1. The monoisotopic (exact) mass is 323 g/mol. The third-order valence-electron chi connectivity index (χ3n) is 2.89. The number of carbonyl (C=O) groups is 1. The van der Waals surface area contributed by atoms with Crippen LogP contribution in [0, 0.1) is 0 Å². The summed E-state index contributed by atoms with van der Waals surface area (Å²) < 4.78 is 6.20. The minimum absolute atomic E-state index is 0.101. The summed E-state index contributed by atoms with van der Waals surface area (Å²) in [4.78, 5) is 10.9. The first-order valence-corrected chi connectivity index (χ1v) is 6.65. The number of carboxylic acids is 1. The molecule has 2 rings (SSSR count). The minimum Gasteiger partial charge on any atom is -0.478 e. The third kappa shape index (κ3) is 3.45. The molecule has 0 saturated heterocycles. The Morgan fingerprint density at radius 2 is 2.26 bits per heavy atom. The van der Waals surface area contributed by atoms with Crippen molar-refractivity contribution >= 4 is 21.9 Å². The molecule has 1 heterocycles. The van der Waals surface area contributed by atoms with Crippen LogP contribution in [0.15, 0.2) is 45.5 Å². The average Bonchev–Trinajstić information content (AvgIpc) is 2.84. The molecular formula is C14H14BrNO3. The fraction of sp³-hybridized carbons (Fsp3) is 0.214. The fourth-order valence-corrected chi connectivity index (χ4v) is 2.22. The molecule has 0 saturated carbocycles. The summed E-state index contributed by atoms with van der Waals surface area (Å²) in [6, 6.07) is 9.53. The number of carboxylic acid groups (broad SMARTS) is 1. The number of halogens is 1. The topological polar surface area (TPSA) is 62.5 Å². The van der Waals surface area contributed by atoms with Gasteiger partial charge in [-0.15, -0.1) is 0 Å². The highest BCUT2D eigenvalue weighted by Gasteiger charge is 2.14. The highest BCUT2D eigenvalue weighted by atomic mass is 79.9. The quantitative estimate of drug-likeness (QED) is 0.882. The summed E-state index contributed by atoms with van der Waals surface area (Å²) >= 11 is 3.43. The van der Waals surface area contributed by atoms with Crippen molar-refractivity contribution in [1.29, 1.82) is 0 Å². The second-order valence-electron chi connectivity index (χ2n) is 4.22. The predicted octanol–water partition coefficient (Wildman–Crippen LogP) is 3.59. The maximum Gasteiger partial charge on any atom is 0.339 e. The highest BCUT2D eigenvalue weighted by molar-refractivity contribution is 9.10. The van der Waals surface area contributed by atoms with Crippen LogP contribution in [0.4, 0.5) is 0 Å². The van der Waals surface area contributed by atoms with Gasteiger partial charge in [0, 0.05) is 10.5 Å². The number of rotatable bonds is 5. The number of hydrogen-bond donors (Lipinski definition) is 2. The molecule has 0 amide bonds. The molecule has 2 aromatic rings. The maximum atomic E-state index is 10.9. The number of hydrogen-bond acceptors (Lipinski definition) is 3. The van der Waals surface area contributed by atoms with Crippen LogP contribution in [0.25, 0.3) is 0 Å². The van der Waals surface area contributed by atoms with Crippen LogP contribution in [-0.2, 0) is 6.54 Å². The van der Waals surface area contributed by atoms with Crippen molar-refractivity contribution in [3.63, 3.8) is 0 Å². The van der Waals surface area contributed by atoms with Crippen LogP contribution in [-0.4, -0.2) is 11.1 Å². The van der Waals surface area contributed by atoms with Gasteiger partial charge in [0.1, 0.15) is 11.3 Å². The van der Waals surface area contributed by atoms with E-state index < -0.39 is 5.97 Å². The molecule has 0 radical (unpaired) electrons. The lowest BCUT2D eigenvalue weighted by molar-refractivity contribution is 0.0694. The molecule has 4 nitrogen and oxygen atoms in total. The largest absolute Gasteiger partial charge is 0.478 e. The first kappa shape index (κ1) is 13.8. The predicted molar refractivity (Wildman–Crippen MR) is 75.1 cm³/mol. The van der Waals surface area contributed by atoms with Crippen LogP contribution >= 0.6 is 15.9 Å². The number of nitrogens with one attached hydrogen (secondary N) is 1. The van der Waals surface area contributed by atoms with Gasteiger partial charge >= 0.3 is 5.97 Å². The van der Waals surface area contributed by atoms with Crippen molar-refractivity contribution < 1.29 is 14.3 Å². The Hall–Kier alpha value is -1.59. The average molecular weight is 324 g/mol. The summed E-state index contributed by atoms with van der Waals surface area (Å²) in [5.41, 5.74) is 1.33. The molecule has 0 fully saturated rings. The van der Waals surface area contributed by atoms with Crippen molar-refractivity contribution in [1.82, 2.24) is 5.32 Å². The van der Waals surface area contributed by atoms with Crippen LogP contribution in [0.1, 0.15) is 34.6 Å². The van der Waals surface area contributed by atoms with E-state index >= 15 is 0 Å². The molecular weight excluding hydrogens is 310 g/mol. The molecule has 5 heteroatoms. The molecule has 19 heavy (non-hydrogen) atoms. The van der Waals surface area contributed by atoms with E-state index in [1.807, 2.05) is 31.2 Å². The van der Waals surface area contributed by atoms with Crippen LogP contribution in [0.5, 0.6) is 0 Å². The number of benzene rings is 1. The number of aromatic carboxylic acids is 1. The van der Waals surface area contributed by atoms with Gasteiger partial charge < -0.3 is 14.8 Å². The second-order valence-corrected chi connectivity index (χ2v) is 5.14. The van der Waals surface area contributed by atoms with Gasteiger partial charge in [-0.25, -0.2) is 4.79 Å². The SMILES string of the molecule is C[C@H](NCc1occc1C(=O)O)c1cccc(Br)c1. The van der Waals surface area contributed by atoms with Crippen molar-refractivity contribution in [3.8, 4) is 0 Å². The van der Waals surface area contributed by atoms with Crippen molar-refractivity contribution in [3.05, 3.63) is 58.0 Å². The molecule has 100 valence electrons. The third-order valence-corrected chi connectivity index (χ3v) is 3.39. The molecule has 0 spiro atoms. The molecule has 2 N–H and O–H groups in total. The smallest absolute Gasteiger partial charge is 0.339 e. The van der Waals surface area contributed by atoms with Crippen molar-refractivity contribution in [2.45, 2.75) is 19.5 Å². The summed E-state index contributed by atoms with van der Waals surface area (Å²) in [6.45, 7) is 2.40. The molecule has 0 unspecified atom stereocenters. The van der Waals surface area contributed by atoms with Crippen LogP contribution in [0.2, 0.25) is 0 Å². The Labute approximate surface area is 119 Å². The normalized spacial score (nSPS) is 12.3. The van der Waals surface area contributed by atoms with Crippen LogP contribution in [0.3, 0.4) is 0 Å². The Balaban J connectivity index is 2.02. The van der Waals surface area contributed by atoms with Crippen molar-refractivity contribution in [2.24, 2.45) is 0 Å². The first-order chi connectivity index (χ1) is 9.08. The zero-order chi connectivity index (χ0) is 13.8. The highest BCUT2D eigenvalue weighted by Crippen LogP contribution is 2.19. The summed E-state index contributed by atoms with van der Waals surface area (Å²) in [5.74, 6) is -0.532. The maximum absolute atomic E-state index is 10.9. The molecule has 0 aliphatic carbocycles. The van der Waals surface area contributed by atoms with Gasteiger partial charge in [0.15, 0.2) is 0 Å². The van der Waals surface area contributed by atoms with E-state index in [1.54, 1.807) is 0 Å². The van der Waals surface area contributed by atoms with E-state index in [9.17, 15) is 4.79 Å². The van der Waals surface area contributed by atoms with Gasteiger partial charge in [0.2, 0.25) is 0 Å². The molecule has 0 aliphatic rings. The zero-order valence-electron chi connectivity index (χ0n) is 10.4. The fourth-order valence-electron chi connectivity index (χ4n) is 1.81. The summed E-state index contributed by atoms with van der Waals surface area (Å²) in [7, 11) is 0. The Bertz CT molecular complexity index is 580. The van der Waals surface area contributed by atoms with Gasteiger partial charge in [-0.3, -0.25) is 0 Å². The Morgan fingerprint density at radius 3 is 2.95 bits per heavy atom. The van der Waals surface area contributed by atoms with Gasteiger partial charge in [-0.1, -0.05) is 28.1 Å². The van der Waals surface area contributed by atoms with Gasteiger partial charge in [-0.05, 0) is 30.7 Å². The van der Waals surface area contributed by atoms with Gasteiger partial charge in [-0.2, -0.15) is 0 Å². The molecule has 1 aromatic heterocycles. The van der Waals surface area contributed by atoms with E-state index in [0.717, 1.165) is 10.0 Å². The van der Waals surface area contributed by atoms with Gasteiger partial charge in [0.05, 0.1) is 12.8 Å². The first-order valence-electron chi connectivity index (χ1n) is 5.86. The van der Waals surface area contributed by atoms with E-state index in [0.29, 0.717) is 12.3 Å². The minimum atomic E-state index is -0.972. The molecule has 0 bridgehead atoms. The Kier molecular flexibility index (Phi) is 4.39. The van der Waals surface area contributed by atoms with E-state index in [2.05, 4.69) is 21.2 Å². The van der Waals surface area contributed by atoms with E-state index in [1.165, 1.54) is 12.3 Å². The molecule has 0 aliphatic heterocycles. The second kappa shape index (κ2) is 6.04.